The predicted octanol–water partition coefficient (Wildman–Crippen LogP) is 2.12. The van der Waals surface area contributed by atoms with E-state index in [0.29, 0.717) is 6.54 Å². The van der Waals surface area contributed by atoms with Crippen LogP contribution < -0.4 is 5.32 Å². The number of hydrogen-bond acceptors (Lipinski definition) is 2. The lowest BCUT2D eigenvalue weighted by Gasteiger charge is -2.29. The van der Waals surface area contributed by atoms with Crippen molar-refractivity contribution in [3.8, 4) is 0 Å². The zero-order valence-corrected chi connectivity index (χ0v) is 10.1. The summed E-state index contributed by atoms with van der Waals surface area (Å²) in [5.74, 6) is 0. The van der Waals surface area contributed by atoms with Gasteiger partial charge in [-0.05, 0) is 38.4 Å². The number of rotatable bonds is 4. The third-order valence-corrected chi connectivity index (χ3v) is 2.95. The fraction of sp³-hybridized carbons (Fsp3) is 0.538. The minimum absolute atomic E-state index is 0.591. The van der Waals surface area contributed by atoms with Gasteiger partial charge in [-0.15, -0.1) is 0 Å². The molecule has 0 spiro atoms. The number of hydrogen-bond donors (Lipinski definition) is 2. The van der Waals surface area contributed by atoms with E-state index in [-0.39, 0.29) is 0 Å². The Bertz CT molecular complexity index is 335. The van der Waals surface area contributed by atoms with E-state index in [2.05, 4.69) is 30.4 Å². The van der Waals surface area contributed by atoms with Crippen LogP contribution in [0, 0.1) is 13.8 Å². The summed E-state index contributed by atoms with van der Waals surface area (Å²) in [6, 6.07) is 6.23. The molecule has 0 aromatic heterocycles. The van der Waals surface area contributed by atoms with E-state index in [1.165, 1.54) is 5.56 Å². The largest absolute Gasteiger partial charge is 0.384 e. The van der Waals surface area contributed by atoms with Gasteiger partial charge in [-0.25, -0.2) is 0 Å². The van der Waals surface area contributed by atoms with Crippen LogP contribution in [-0.4, -0.2) is 18.7 Å². The van der Waals surface area contributed by atoms with Gasteiger partial charge >= 0.3 is 0 Å². The van der Waals surface area contributed by atoms with Crippen molar-refractivity contribution < 1.29 is 5.11 Å². The van der Waals surface area contributed by atoms with Crippen LogP contribution in [0.2, 0.25) is 0 Å². The van der Waals surface area contributed by atoms with E-state index in [1.54, 1.807) is 0 Å². The van der Waals surface area contributed by atoms with E-state index in [1.807, 2.05) is 20.9 Å². The Morgan fingerprint density at radius 2 is 2.00 bits per heavy atom. The smallest absolute Gasteiger partial charge is 0.102 e. The SMILES string of the molecule is CCC(O)(CNC)c1cc(C)ccc1C. The minimum atomic E-state index is -0.745. The molecule has 0 aliphatic carbocycles. The fourth-order valence-electron chi connectivity index (χ4n) is 1.94. The first-order valence-electron chi connectivity index (χ1n) is 5.48. The van der Waals surface area contributed by atoms with Crippen molar-refractivity contribution in [2.45, 2.75) is 32.8 Å². The summed E-state index contributed by atoms with van der Waals surface area (Å²) in [6.45, 7) is 6.70. The maximum absolute atomic E-state index is 10.5. The third kappa shape index (κ3) is 2.58. The molecule has 1 atom stereocenters. The zero-order valence-electron chi connectivity index (χ0n) is 10.1. The molecule has 1 aromatic carbocycles. The molecule has 2 nitrogen and oxygen atoms in total. The second-order valence-electron chi connectivity index (χ2n) is 4.23. The van der Waals surface area contributed by atoms with Crippen LogP contribution in [0.5, 0.6) is 0 Å². The lowest BCUT2D eigenvalue weighted by molar-refractivity contribution is 0.0340. The second-order valence-corrected chi connectivity index (χ2v) is 4.23. The molecule has 0 saturated heterocycles. The maximum atomic E-state index is 10.5. The van der Waals surface area contributed by atoms with E-state index in [9.17, 15) is 5.11 Å². The summed E-state index contributed by atoms with van der Waals surface area (Å²) in [6.07, 6.45) is 0.720. The molecule has 2 N–H and O–H groups in total. The van der Waals surface area contributed by atoms with Crippen LogP contribution in [0.3, 0.4) is 0 Å². The van der Waals surface area contributed by atoms with Gasteiger partial charge in [0.25, 0.3) is 0 Å². The van der Waals surface area contributed by atoms with Gasteiger partial charge in [-0.1, -0.05) is 30.7 Å². The Hall–Kier alpha value is -0.860. The van der Waals surface area contributed by atoms with Gasteiger partial charge in [0.1, 0.15) is 5.60 Å². The number of likely N-dealkylation sites (N-methyl/N-ethyl adjacent to an activating group) is 1. The molecule has 0 aliphatic rings. The van der Waals surface area contributed by atoms with Gasteiger partial charge in [-0.3, -0.25) is 0 Å². The van der Waals surface area contributed by atoms with Crippen molar-refractivity contribution in [1.29, 1.82) is 0 Å². The van der Waals surface area contributed by atoms with E-state index in [0.717, 1.165) is 17.5 Å². The van der Waals surface area contributed by atoms with Crippen molar-refractivity contribution >= 4 is 0 Å². The Morgan fingerprint density at radius 3 is 2.53 bits per heavy atom. The molecule has 84 valence electrons. The first kappa shape index (κ1) is 12.2. The maximum Gasteiger partial charge on any atom is 0.102 e. The first-order chi connectivity index (χ1) is 7.03. The predicted molar refractivity (Wildman–Crippen MR) is 64.0 cm³/mol. The minimum Gasteiger partial charge on any atom is -0.384 e. The number of benzene rings is 1. The molecule has 15 heavy (non-hydrogen) atoms. The Morgan fingerprint density at radius 1 is 1.33 bits per heavy atom. The van der Waals surface area contributed by atoms with Crippen LogP contribution in [0.15, 0.2) is 18.2 Å². The summed E-state index contributed by atoms with van der Waals surface area (Å²) < 4.78 is 0. The van der Waals surface area contributed by atoms with Gasteiger partial charge in [0.05, 0.1) is 0 Å². The van der Waals surface area contributed by atoms with E-state index < -0.39 is 5.60 Å². The quantitative estimate of drug-likeness (QED) is 0.792. The highest BCUT2D eigenvalue weighted by molar-refractivity contribution is 5.35. The van der Waals surface area contributed by atoms with Gasteiger partial charge in [0, 0.05) is 6.54 Å². The first-order valence-corrected chi connectivity index (χ1v) is 5.48. The molecule has 1 rings (SSSR count). The molecular weight excluding hydrogens is 186 g/mol. The van der Waals surface area contributed by atoms with Crippen LogP contribution >= 0.6 is 0 Å². The normalized spacial score (nSPS) is 15.0. The standard InChI is InChI=1S/C13H21NO/c1-5-13(15,9-14-4)12-8-10(2)6-7-11(12)3/h6-8,14-15H,5,9H2,1-4H3. The van der Waals surface area contributed by atoms with Crippen LogP contribution in [0.25, 0.3) is 0 Å². The zero-order chi connectivity index (χ0) is 11.5. The van der Waals surface area contributed by atoms with Crippen molar-refractivity contribution in [1.82, 2.24) is 5.32 Å². The average molecular weight is 207 g/mol. The Labute approximate surface area is 92.3 Å². The molecule has 0 radical (unpaired) electrons. The second kappa shape index (κ2) is 4.77. The topological polar surface area (TPSA) is 32.3 Å². The highest BCUT2D eigenvalue weighted by atomic mass is 16.3. The number of aliphatic hydroxyl groups is 1. The van der Waals surface area contributed by atoms with Crippen LogP contribution in [0.1, 0.15) is 30.0 Å². The summed E-state index contributed by atoms with van der Waals surface area (Å²) in [4.78, 5) is 0. The summed E-state index contributed by atoms with van der Waals surface area (Å²) in [5, 5.41) is 13.6. The molecule has 0 fully saturated rings. The summed E-state index contributed by atoms with van der Waals surface area (Å²) in [5.41, 5.74) is 2.64. The van der Waals surface area contributed by atoms with Crippen molar-refractivity contribution in [2.75, 3.05) is 13.6 Å². The Kier molecular flexibility index (Phi) is 3.89. The molecule has 0 saturated carbocycles. The molecule has 0 bridgehead atoms. The van der Waals surface area contributed by atoms with Crippen molar-refractivity contribution in [3.05, 3.63) is 34.9 Å². The van der Waals surface area contributed by atoms with Crippen molar-refractivity contribution in [2.24, 2.45) is 0 Å². The molecular formula is C13H21NO. The molecule has 0 heterocycles. The molecule has 0 amide bonds. The highest BCUT2D eigenvalue weighted by Gasteiger charge is 2.27. The lowest BCUT2D eigenvalue weighted by Crippen LogP contribution is -2.36. The van der Waals surface area contributed by atoms with Gasteiger partial charge < -0.3 is 10.4 Å². The monoisotopic (exact) mass is 207 g/mol. The van der Waals surface area contributed by atoms with Gasteiger partial charge in [-0.2, -0.15) is 0 Å². The van der Waals surface area contributed by atoms with Crippen molar-refractivity contribution in [3.63, 3.8) is 0 Å². The average Bonchev–Trinajstić information content (AvgIpc) is 2.22. The third-order valence-electron chi connectivity index (χ3n) is 2.95. The summed E-state index contributed by atoms with van der Waals surface area (Å²) in [7, 11) is 1.87. The summed E-state index contributed by atoms with van der Waals surface area (Å²) >= 11 is 0. The van der Waals surface area contributed by atoms with Crippen LogP contribution in [0.4, 0.5) is 0 Å². The van der Waals surface area contributed by atoms with E-state index >= 15 is 0 Å². The van der Waals surface area contributed by atoms with Crippen LogP contribution in [-0.2, 0) is 5.60 Å². The van der Waals surface area contributed by atoms with Gasteiger partial charge in [0.15, 0.2) is 0 Å². The molecule has 2 heteroatoms. The van der Waals surface area contributed by atoms with E-state index in [4.69, 9.17) is 0 Å². The molecule has 0 aliphatic heterocycles. The Balaban J connectivity index is 3.16. The number of nitrogens with one attached hydrogen (secondary N) is 1. The molecule has 1 unspecified atom stereocenters. The van der Waals surface area contributed by atoms with Gasteiger partial charge in [0.2, 0.25) is 0 Å². The lowest BCUT2D eigenvalue weighted by atomic mass is 9.87. The highest BCUT2D eigenvalue weighted by Crippen LogP contribution is 2.27. The molecule has 1 aromatic rings. The fourth-order valence-corrected chi connectivity index (χ4v) is 1.94. The number of aryl methyl sites for hydroxylation is 2.